The number of aromatic nitrogens is 4. The van der Waals surface area contributed by atoms with Crippen LogP contribution in [-0.4, -0.2) is 25.8 Å². The molecule has 0 spiro atoms. The van der Waals surface area contributed by atoms with Gasteiger partial charge in [0.1, 0.15) is 0 Å². The molecule has 3 aromatic heterocycles. The highest BCUT2D eigenvalue weighted by atomic mass is 16.1. The van der Waals surface area contributed by atoms with Gasteiger partial charge in [-0.05, 0) is 56.0 Å². The average molecular weight is 347 g/mol. The minimum Gasteiger partial charge on any atom is -0.382 e. The number of hydrogen-bond acceptors (Lipinski definition) is 5. The Bertz CT molecular complexity index is 902. The first-order valence-electron chi connectivity index (χ1n) is 8.96. The van der Waals surface area contributed by atoms with Crippen molar-refractivity contribution in [3.8, 4) is 11.3 Å². The molecule has 6 heteroatoms. The zero-order chi connectivity index (χ0) is 17.8. The van der Waals surface area contributed by atoms with E-state index >= 15 is 0 Å². The van der Waals surface area contributed by atoms with Crippen LogP contribution in [0, 0.1) is 0 Å². The minimum atomic E-state index is -0.0387. The van der Waals surface area contributed by atoms with Gasteiger partial charge in [0.05, 0.1) is 11.7 Å². The maximum atomic E-state index is 12.3. The van der Waals surface area contributed by atoms with E-state index in [1.165, 1.54) is 0 Å². The summed E-state index contributed by atoms with van der Waals surface area (Å²) in [4.78, 5) is 20.5. The van der Waals surface area contributed by atoms with Crippen molar-refractivity contribution in [3.63, 3.8) is 0 Å². The van der Waals surface area contributed by atoms with Gasteiger partial charge in [-0.3, -0.25) is 14.8 Å². The fraction of sp³-hybridized carbons (Fsp3) is 0.300. The Balaban J connectivity index is 1.47. The lowest BCUT2D eigenvalue weighted by Crippen LogP contribution is -2.33. The number of nitrogens with zero attached hydrogens (tertiary/aromatic N) is 4. The van der Waals surface area contributed by atoms with Crippen LogP contribution in [0.2, 0.25) is 0 Å². The lowest BCUT2D eigenvalue weighted by atomic mass is 9.91. The molecular formula is C20H21N5O. The third kappa shape index (κ3) is 3.64. The molecule has 0 atom stereocenters. The van der Waals surface area contributed by atoms with Gasteiger partial charge in [0.2, 0.25) is 0 Å². The number of anilines is 1. The Labute approximate surface area is 151 Å². The highest BCUT2D eigenvalue weighted by Gasteiger charge is 2.24. The molecule has 1 aliphatic rings. The molecular weight excluding hydrogens is 326 g/mol. The fourth-order valence-corrected chi connectivity index (χ4v) is 3.50. The summed E-state index contributed by atoms with van der Waals surface area (Å²) in [7, 11) is 0. The summed E-state index contributed by atoms with van der Waals surface area (Å²) in [5, 5.41) is 8.16. The first-order chi connectivity index (χ1) is 12.8. The zero-order valence-corrected chi connectivity index (χ0v) is 14.5. The van der Waals surface area contributed by atoms with Gasteiger partial charge in [0.15, 0.2) is 0 Å². The van der Waals surface area contributed by atoms with Gasteiger partial charge in [0, 0.05) is 48.1 Å². The Kier molecular flexibility index (Phi) is 4.73. The van der Waals surface area contributed by atoms with E-state index < -0.39 is 0 Å². The average Bonchev–Trinajstić information content (AvgIpc) is 2.71. The second-order valence-corrected chi connectivity index (χ2v) is 6.63. The molecule has 0 aromatic carbocycles. The molecule has 0 unspecified atom stereocenters. The summed E-state index contributed by atoms with van der Waals surface area (Å²) < 4.78 is 1.66. The monoisotopic (exact) mass is 347 g/mol. The molecule has 0 bridgehead atoms. The Morgan fingerprint density at radius 1 is 0.923 bits per heavy atom. The van der Waals surface area contributed by atoms with Crippen LogP contribution in [-0.2, 0) is 0 Å². The molecule has 0 radical (unpaired) electrons. The predicted molar refractivity (Wildman–Crippen MR) is 101 cm³/mol. The maximum absolute atomic E-state index is 12.3. The van der Waals surface area contributed by atoms with E-state index in [2.05, 4.69) is 20.4 Å². The van der Waals surface area contributed by atoms with Crippen molar-refractivity contribution in [2.75, 3.05) is 5.32 Å². The minimum absolute atomic E-state index is 0.0387. The van der Waals surface area contributed by atoms with Gasteiger partial charge in [-0.15, -0.1) is 0 Å². The van der Waals surface area contributed by atoms with Gasteiger partial charge < -0.3 is 5.32 Å². The van der Waals surface area contributed by atoms with Crippen molar-refractivity contribution in [2.24, 2.45) is 0 Å². The van der Waals surface area contributed by atoms with Gasteiger partial charge in [-0.1, -0.05) is 0 Å². The van der Waals surface area contributed by atoms with Crippen LogP contribution in [0.25, 0.3) is 11.3 Å². The van der Waals surface area contributed by atoms with Crippen molar-refractivity contribution in [1.82, 2.24) is 19.7 Å². The molecule has 3 heterocycles. The van der Waals surface area contributed by atoms with Crippen LogP contribution >= 0.6 is 0 Å². The smallest absolute Gasteiger partial charge is 0.267 e. The molecule has 1 saturated carbocycles. The van der Waals surface area contributed by atoms with Gasteiger partial charge in [-0.2, -0.15) is 5.10 Å². The van der Waals surface area contributed by atoms with Crippen LogP contribution in [0.4, 0.5) is 5.69 Å². The Hall–Kier alpha value is -3.02. The van der Waals surface area contributed by atoms with Gasteiger partial charge >= 0.3 is 0 Å². The summed E-state index contributed by atoms with van der Waals surface area (Å²) in [6.45, 7) is 0. The Morgan fingerprint density at radius 3 is 2.46 bits per heavy atom. The van der Waals surface area contributed by atoms with E-state index in [9.17, 15) is 4.79 Å². The Morgan fingerprint density at radius 2 is 1.73 bits per heavy atom. The largest absolute Gasteiger partial charge is 0.382 e. The van der Waals surface area contributed by atoms with E-state index in [1.807, 2.05) is 24.3 Å². The van der Waals surface area contributed by atoms with E-state index in [4.69, 9.17) is 0 Å². The van der Waals surface area contributed by atoms with Crippen molar-refractivity contribution in [2.45, 2.75) is 37.8 Å². The number of nitrogens with one attached hydrogen (secondary N) is 1. The van der Waals surface area contributed by atoms with Crippen molar-refractivity contribution in [1.29, 1.82) is 0 Å². The summed E-state index contributed by atoms with van der Waals surface area (Å²) in [6.07, 6.45) is 11.0. The van der Waals surface area contributed by atoms with Crippen LogP contribution in [0.5, 0.6) is 0 Å². The normalized spacial score (nSPS) is 19.8. The summed E-state index contributed by atoms with van der Waals surface area (Å²) in [6, 6.07) is 11.7. The highest BCUT2D eigenvalue weighted by Crippen LogP contribution is 2.29. The number of hydrogen-bond donors (Lipinski definition) is 1. The highest BCUT2D eigenvalue weighted by molar-refractivity contribution is 5.56. The predicted octanol–water partition coefficient (Wildman–Crippen LogP) is 3.30. The van der Waals surface area contributed by atoms with Crippen molar-refractivity contribution >= 4 is 5.69 Å². The third-order valence-corrected chi connectivity index (χ3v) is 4.88. The van der Waals surface area contributed by atoms with Gasteiger partial charge in [0.25, 0.3) is 5.56 Å². The van der Waals surface area contributed by atoms with Crippen LogP contribution in [0.3, 0.4) is 0 Å². The molecule has 1 fully saturated rings. The topological polar surface area (TPSA) is 72.7 Å². The molecule has 4 rings (SSSR count). The van der Waals surface area contributed by atoms with Crippen LogP contribution in [0.15, 0.2) is 66.0 Å². The SMILES string of the molecule is O=c1ccc(-c2cccnc2)nn1C1CCC(Nc2ccncc2)CC1. The number of pyridine rings is 2. The quantitative estimate of drug-likeness (QED) is 0.784. The first-order valence-corrected chi connectivity index (χ1v) is 8.96. The van der Waals surface area contributed by atoms with E-state index in [1.54, 1.807) is 41.6 Å². The van der Waals surface area contributed by atoms with Gasteiger partial charge in [-0.25, -0.2) is 4.68 Å². The zero-order valence-electron chi connectivity index (χ0n) is 14.5. The second kappa shape index (κ2) is 7.47. The standard InChI is InChI=1S/C20H21N5O/c26-20-8-7-19(15-2-1-11-22-14-15)24-25(20)18-5-3-16(4-6-18)23-17-9-12-21-13-10-17/h1-2,7-14,16,18H,3-6H2,(H,21,23). The van der Waals surface area contributed by atoms with Crippen molar-refractivity contribution < 1.29 is 0 Å². The van der Waals surface area contributed by atoms with E-state index in [0.717, 1.165) is 42.6 Å². The molecule has 26 heavy (non-hydrogen) atoms. The number of rotatable bonds is 4. The summed E-state index contributed by atoms with van der Waals surface area (Å²) >= 11 is 0. The lowest BCUT2D eigenvalue weighted by molar-refractivity contribution is 0.304. The lowest BCUT2D eigenvalue weighted by Gasteiger charge is -2.30. The first kappa shape index (κ1) is 16.4. The van der Waals surface area contributed by atoms with E-state index in [0.29, 0.717) is 6.04 Å². The second-order valence-electron chi connectivity index (χ2n) is 6.63. The molecule has 6 nitrogen and oxygen atoms in total. The fourth-order valence-electron chi connectivity index (χ4n) is 3.50. The molecule has 0 amide bonds. The molecule has 132 valence electrons. The third-order valence-electron chi connectivity index (χ3n) is 4.88. The molecule has 3 aromatic rings. The molecule has 0 saturated heterocycles. The van der Waals surface area contributed by atoms with Crippen LogP contribution < -0.4 is 10.9 Å². The molecule has 1 N–H and O–H groups in total. The summed E-state index contributed by atoms with van der Waals surface area (Å²) in [5.41, 5.74) is 2.77. The van der Waals surface area contributed by atoms with Crippen molar-refractivity contribution in [3.05, 3.63) is 71.5 Å². The molecule has 0 aliphatic heterocycles. The van der Waals surface area contributed by atoms with E-state index in [-0.39, 0.29) is 11.6 Å². The van der Waals surface area contributed by atoms with Crippen LogP contribution in [0.1, 0.15) is 31.7 Å². The maximum Gasteiger partial charge on any atom is 0.267 e. The molecule has 1 aliphatic carbocycles. The summed E-state index contributed by atoms with van der Waals surface area (Å²) in [5.74, 6) is 0.